The molecule has 2 bridgehead atoms. The van der Waals surface area contributed by atoms with Crippen molar-refractivity contribution in [2.24, 2.45) is 0 Å². The van der Waals surface area contributed by atoms with E-state index in [1.807, 2.05) is 0 Å². The third kappa shape index (κ3) is 44.7. The molecule has 0 atom stereocenters. The molecule has 3 aliphatic heterocycles. The molecule has 0 spiro atoms. The summed E-state index contributed by atoms with van der Waals surface area (Å²) in [7, 11) is -5.14. The van der Waals surface area contributed by atoms with Gasteiger partial charge in [0.2, 0.25) is 0 Å². The van der Waals surface area contributed by atoms with E-state index in [2.05, 4.69) is 0 Å². The van der Waals surface area contributed by atoms with Gasteiger partial charge in [0.15, 0.2) is 0 Å². The predicted molar refractivity (Wildman–Crippen MR) is 135 cm³/mol. The van der Waals surface area contributed by atoms with Crippen molar-refractivity contribution in [1.29, 1.82) is 0 Å². The van der Waals surface area contributed by atoms with Gasteiger partial charge in [-0.05, 0) is 0 Å². The van der Waals surface area contributed by atoms with Crippen molar-refractivity contribution in [2.75, 3.05) is 119 Å². The Labute approximate surface area is 228 Å². The minimum absolute atomic E-state index is 0. The van der Waals surface area contributed by atoms with Crippen LogP contribution in [0.2, 0.25) is 0 Å². The first kappa shape index (κ1) is 58.2. The first-order valence-electron chi connectivity index (χ1n) is 10.8. The molecule has 0 radical (unpaired) electrons. The molecule has 21 heteroatoms. The summed E-state index contributed by atoms with van der Waals surface area (Å²) in [6.45, 7) is 14.1. The Bertz CT molecular complexity index is 382. The summed E-state index contributed by atoms with van der Waals surface area (Å²) < 4.78 is 43.0. The van der Waals surface area contributed by atoms with Gasteiger partial charge >= 0.3 is 0 Å². The molecule has 3 heterocycles. The molecule has 0 saturated carbocycles. The van der Waals surface area contributed by atoms with Crippen LogP contribution in [0.3, 0.4) is 0 Å². The van der Waals surface area contributed by atoms with Gasteiger partial charge in [-0.25, -0.2) is 0 Å². The molecule has 3 rings (SSSR count). The maximum absolute atomic E-state index is 8.66. The highest BCUT2D eigenvalue weighted by Gasteiger charge is 2.11. The molecule has 0 aromatic rings. The van der Waals surface area contributed by atoms with Gasteiger partial charge in [-0.1, -0.05) is 0 Å². The van der Waals surface area contributed by atoms with Gasteiger partial charge in [0, 0.05) is 0 Å². The van der Waals surface area contributed by atoms with Crippen molar-refractivity contribution in [3.8, 4) is 0 Å². The lowest BCUT2D eigenvalue weighted by Gasteiger charge is -2.22. The zero-order valence-corrected chi connectivity index (χ0v) is 23.2. The van der Waals surface area contributed by atoms with Crippen LogP contribution in [0, 0.1) is 0 Å². The lowest BCUT2D eigenvalue weighted by atomic mass is 10.4. The SMILES string of the molecule is C1COCC[NH+]2CCOCCOCC[NH+](CCO1)CCOCCOCC2.O.O.O.O.O.O.O.O.O=P([O-])([O-])O. The average molecular weight is 619 g/mol. The van der Waals surface area contributed by atoms with E-state index >= 15 is 0 Å². The number of quaternary nitrogens is 2. The third-order valence-electron chi connectivity index (χ3n) is 4.72. The Morgan fingerprint density at radius 3 is 0.667 bits per heavy atom. The summed E-state index contributed by atoms with van der Waals surface area (Å²) in [5, 5.41) is 0. The van der Waals surface area contributed by atoms with Gasteiger partial charge in [-0.15, -0.1) is 0 Å². The van der Waals surface area contributed by atoms with Crippen LogP contribution in [0.1, 0.15) is 0 Å². The second-order valence-electron chi connectivity index (χ2n) is 7.14. The number of phosphoric acid groups is 1. The number of nitrogens with one attached hydrogen (secondary N) is 2. The van der Waals surface area contributed by atoms with E-state index in [9.17, 15) is 0 Å². The Hall–Kier alpha value is -0.530. The molecule has 0 aliphatic carbocycles. The Morgan fingerprint density at radius 2 is 0.538 bits per heavy atom. The maximum atomic E-state index is 8.66. The molecular weight excluding hydrogens is 563 g/mol. The van der Waals surface area contributed by atoms with E-state index < -0.39 is 7.82 Å². The van der Waals surface area contributed by atoms with Crippen LogP contribution in [0.25, 0.3) is 0 Å². The highest BCUT2D eigenvalue weighted by Crippen LogP contribution is 2.11. The van der Waals surface area contributed by atoms with Crippen LogP contribution in [0.4, 0.5) is 0 Å². The summed E-state index contributed by atoms with van der Waals surface area (Å²) in [5.41, 5.74) is 0. The van der Waals surface area contributed by atoms with Crippen LogP contribution >= 0.6 is 7.82 Å². The van der Waals surface area contributed by atoms with Gasteiger partial charge in [0.25, 0.3) is 0 Å². The van der Waals surface area contributed by atoms with Crippen molar-refractivity contribution in [2.45, 2.75) is 0 Å². The zero-order chi connectivity index (χ0) is 22.6. The van der Waals surface area contributed by atoms with E-state index in [0.717, 1.165) is 78.9 Å². The first-order chi connectivity index (χ1) is 14.9. The fourth-order valence-electron chi connectivity index (χ4n) is 3.01. The summed E-state index contributed by atoms with van der Waals surface area (Å²) in [5.74, 6) is 0. The van der Waals surface area contributed by atoms with Crippen LogP contribution in [0.15, 0.2) is 0 Å². The van der Waals surface area contributed by atoms with Crippen LogP contribution in [-0.2, 0) is 33.0 Å². The molecule has 0 aromatic carbocycles. The summed E-state index contributed by atoms with van der Waals surface area (Å²) in [4.78, 5) is 27.2. The molecule has 39 heavy (non-hydrogen) atoms. The van der Waals surface area contributed by atoms with E-state index in [0.29, 0.717) is 39.6 Å². The second-order valence-corrected chi connectivity index (χ2v) is 8.08. The fraction of sp³-hybridized carbons (Fsp3) is 1.00. The molecule has 3 fully saturated rings. The zero-order valence-electron chi connectivity index (χ0n) is 22.3. The summed E-state index contributed by atoms with van der Waals surface area (Å²) in [6.07, 6.45) is 0. The van der Waals surface area contributed by atoms with E-state index in [1.165, 1.54) is 9.80 Å². The maximum Gasteiger partial charge on any atom is 0.101 e. The van der Waals surface area contributed by atoms with Crippen molar-refractivity contribution in [1.82, 2.24) is 0 Å². The van der Waals surface area contributed by atoms with Gasteiger partial charge < -0.3 is 101 Å². The van der Waals surface area contributed by atoms with Gasteiger partial charge in [0.05, 0.1) is 87.1 Å². The van der Waals surface area contributed by atoms with Gasteiger partial charge in [-0.3, -0.25) is 0 Å². The van der Waals surface area contributed by atoms with Crippen LogP contribution in [-0.4, -0.2) is 167 Å². The molecule has 3 saturated heterocycles. The second kappa shape index (κ2) is 39.6. The van der Waals surface area contributed by atoms with E-state index in [1.54, 1.807) is 0 Å². The molecule has 250 valence electrons. The third-order valence-corrected chi connectivity index (χ3v) is 4.72. The Balaban J connectivity index is -0.000000113. The Kier molecular flexibility index (Phi) is 59.1. The molecule has 0 amide bonds. The van der Waals surface area contributed by atoms with Gasteiger partial charge in [-0.2, -0.15) is 0 Å². The molecule has 0 aromatic heterocycles. The lowest BCUT2D eigenvalue weighted by Crippen LogP contribution is -3.13. The topological polar surface area (TPSA) is 400 Å². The standard InChI is InChI=1S/C18H36N2O6.H3O4P.8H2O/c1-7-21-13-14-24-10-4-20-5-11-25-17-15-22-8-2-19(1)3-9-23-16-18-26-12-6-20;1-5(2,3)4;;;;;;;;/h1-18H2;(H3,1,2,3,4);8*1H2. The molecule has 19 N–H and O–H groups in total. The highest BCUT2D eigenvalue weighted by molar-refractivity contribution is 7.42. The van der Waals surface area contributed by atoms with Crippen molar-refractivity contribution < 1.29 is 101 Å². The van der Waals surface area contributed by atoms with Crippen molar-refractivity contribution in [3.63, 3.8) is 0 Å². The number of ether oxygens (including phenoxy) is 6. The number of rotatable bonds is 0. The van der Waals surface area contributed by atoms with Crippen LogP contribution in [0.5, 0.6) is 0 Å². The largest absolute Gasteiger partial charge is 0.790 e. The smallest absolute Gasteiger partial charge is 0.101 e. The monoisotopic (exact) mass is 618 g/mol. The first-order valence-corrected chi connectivity index (χ1v) is 12.3. The van der Waals surface area contributed by atoms with Crippen molar-refractivity contribution >= 4 is 7.82 Å². The van der Waals surface area contributed by atoms with E-state index in [-0.39, 0.29) is 43.8 Å². The minimum Gasteiger partial charge on any atom is -0.790 e. The number of hydrogen-bond acceptors (Lipinski definition) is 9. The average Bonchev–Trinajstić information content (AvgIpc) is 2.70. The Morgan fingerprint density at radius 1 is 0.410 bits per heavy atom. The van der Waals surface area contributed by atoms with Crippen molar-refractivity contribution in [3.05, 3.63) is 0 Å². The molecule has 20 nitrogen and oxygen atoms in total. The normalized spacial score (nSPS) is 21.8. The number of fused-ring (bicyclic) bond motifs is 21. The number of hydrogen-bond donors (Lipinski definition) is 3. The molecule has 0 unspecified atom stereocenters. The van der Waals surface area contributed by atoms with Gasteiger partial charge in [0.1, 0.15) is 39.3 Å². The lowest BCUT2D eigenvalue weighted by molar-refractivity contribution is -0.902. The molecular formula is C18H55N2O18P. The molecule has 3 aliphatic rings. The highest BCUT2D eigenvalue weighted by atomic mass is 31.2. The summed E-state index contributed by atoms with van der Waals surface area (Å²) in [6, 6.07) is 0. The van der Waals surface area contributed by atoms with Crippen LogP contribution < -0.4 is 19.6 Å². The predicted octanol–water partition coefficient (Wildman–Crippen LogP) is -11.9. The quantitative estimate of drug-likeness (QED) is 0.215. The fourth-order valence-corrected chi connectivity index (χ4v) is 3.01. The van der Waals surface area contributed by atoms with E-state index in [4.69, 9.17) is 47.7 Å². The summed E-state index contributed by atoms with van der Waals surface area (Å²) >= 11 is 0. The minimum atomic E-state index is -5.14.